The van der Waals surface area contributed by atoms with Crippen LogP contribution in [0.4, 0.5) is 0 Å². The van der Waals surface area contributed by atoms with Gasteiger partial charge in [0, 0.05) is 49.9 Å². The fourth-order valence-corrected chi connectivity index (χ4v) is 7.23. The number of hydrogen-bond donors (Lipinski definition) is 0. The Morgan fingerprint density at radius 3 is 2.62 bits per heavy atom. The van der Waals surface area contributed by atoms with Gasteiger partial charge in [-0.2, -0.15) is 4.31 Å². The van der Waals surface area contributed by atoms with Gasteiger partial charge >= 0.3 is 0 Å². The number of nitrogens with zero attached hydrogens (tertiary/aromatic N) is 3. The van der Waals surface area contributed by atoms with Gasteiger partial charge in [0.05, 0.1) is 28.7 Å². The topological polar surface area (TPSA) is 79.8 Å². The molecule has 1 aromatic carbocycles. The third kappa shape index (κ3) is 4.68. The second kappa shape index (κ2) is 9.98. The number of aromatic nitrogens is 1. The van der Waals surface area contributed by atoms with E-state index in [9.17, 15) is 13.2 Å². The first-order valence-electron chi connectivity index (χ1n) is 12.4. The lowest BCUT2D eigenvalue weighted by molar-refractivity contribution is 0.0730. The molecular formula is C28H27N3O4S2. The van der Waals surface area contributed by atoms with E-state index in [-0.39, 0.29) is 10.8 Å². The van der Waals surface area contributed by atoms with Crippen molar-refractivity contribution in [2.24, 2.45) is 0 Å². The minimum Gasteiger partial charge on any atom is -0.379 e. The zero-order valence-corrected chi connectivity index (χ0v) is 21.9. The van der Waals surface area contributed by atoms with Crippen LogP contribution in [0.5, 0.6) is 0 Å². The van der Waals surface area contributed by atoms with Crippen LogP contribution in [-0.2, 0) is 21.2 Å². The van der Waals surface area contributed by atoms with E-state index in [1.807, 2.05) is 34.7 Å². The highest BCUT2D eigenvalue weighted by Crippen LogP contribution is 2.37. The lowest BCUT2D eigenvalue weighted by Gasteiger charge is -2.27. The Bertz CT molecular complexity index is 1500. The molecule has 0 atom stereocenters. The highest BCUT2D eigenvalue weighted by atomic mass is 32.2. The number of ether oxygens (including phenoxy) is 1. The molecule has 0 radical (unpaired) electrons. The Hall–Kier alpha value is -3.11. The molecule has 37 heavy (non-hydrogen) atoms. The number of rotatable bonds is 5. The maximum atomic E-state index is 13.2. The summed E-state index contributed by atoms with van der Waals surface area (Å²) in [7, 11) is -3.58. The van der Waals surface area contributed by atoms with Gasteiger partial charge < -0.3 is 9.64 Å². The minimum atomic E-state index is -3.58. The summed E-state index contributed by atoms with van der Waals surface area (Å²) in [5.41, 5.74) is 6.22. The third-order valence-electron chi connectivity index (χ3n) is 7.11. The number of pyridine rings is 1. The first-order valence-corrected chi connectivity index (χ1v) is 14.7. The summed E-state index contributed by atoms with van der Waals surface area (Å²) >= 11 is 1.47. The summed E-state index contributed by atoms with van der Waals surface area (Å²) in [6, 6.07) is 13.0. The van der Waals surface area contributed by atoms with Gasteiger partial charge in [0.25, 0.3) is 5.91 Å². The van der Waals surface area contributed by atoms with E-state index in [0.717, 1.165) is 40.1 Å². The lowest BCUT2D eigenvalue weighted by Crippen LogP contribution is -2.40. The van der Waals surface area contributed by atoms with E-state index in [4.69, 9.17) is 9.72 Å². The second-order valence-electron chi connectivity index (χ2n) is 9.29. The molecule has 2 aliphatic heterocycles. The van der Waals surface area contributed by atoms with E-state index in [1.165, 1.54) is 26.8 Å². The quantitative estimate of drug-likeness (QED) is 0.490. The number of sulfonamides is 1. The van der Waals surface area contributed by atoms with Gasteiger partial charge in [-0.05, 0) is 52.8 Å². The number of allylic oxidation sites excluding steroid dienone is 2. The molecule has 4 heterocycles. The van der Waals surface area contributed by atoms with Crippen molar-refractivity contribution in [1.82, 2.24) is 14.2 Å². The van der Waals surface area contributed by atoms with Crippen LogP contribution in [0.15, 0.2) is 76.7 Å². The first kappa shape index (κ1) is 24.2. The van der Waals surface area contributed by atoms with Crippen LogP contribution < -0.4 is 0 Å². The van der Waals surface area contributed by atoms with Crippen molar-refractivity contribution in [1.29, 1.82) is 0 Å². The summed E-state index contributed by atoms with van der Waals surface area (Å²) in [4.78, 5) is 20.4. The molecular weight excluding hydrogens is 506 g/mol. The number of carbonyl (C=O) groups excluding carboxylic acids is 1. The van der Waals surface area contributed by atoms with Gasteiger partial charge in [-0.1, -0.05) is 30.4 Å². The van der Waals surface area contributed by atoms with E-state index in [1.54, 1.807) is 18.2 Å². The third-order valence-corrected chi connectivity index (χ3v) is 9.86. The Kier molecular flexibility index (Phi) is 6.54. The van der Waals surface area contributed by atoms with Crippen LogP contribution in [0.2, 0.25) is 0 Å². The van der Waals surface area contributed by atoms with Gasteiger partial charge in [0.2, 0.25) is 10.0 Å². The van der Waals surface area contributed by atoms with Crippen molar-refractivity contribution < 1.29 is 17.9 Å². The fourth-order valence-electron chi connectivity index (χ4n) is 5.09. The largest absolute Gasteiger partial charge is 0.379 e. The monoisotopic (exact) mass is 533 g/mol. The molecule has 190 valence electrons. The van der Waals surface area contributed by atoms with Crippen LogP contribution in [0, 0.1) is 0 Å². The molecule has 0 saturated carbocycles. The molecule has 3 aromatic rings. The number of amides is 1. The first-order chi connectivity index (χ1) is 18.0. The Balaban J connectivity index is 1.24. The van der Waals surface area contributed by atoms with Crippen molar-refractivity contribution >= 4 is 32.8 Å². The van der Waals surface area contributed by atoms with Crippen LogP contribution in [-0.4, -0.2) is 67.9 Å². The molecule has 2 aromatic heterocycles. The molecule has 0 spiro atoms. The highest BCUT2D eigenvalue weighted by molar-refractivity contribution is 7.89. The number of benzene rings is 1. The Labute approximate surface area is 220 Å². The highest BCUT2D eigenvalue weighted by Gasteiger charge is 2.27. The van der Waals surface area contributed by atoms with E-state index in [0.29, 0.717) is 39.4 Å². The van der Waals surface area contributed by atoms with Gasteiger partial charge in [0.15, 0.2) is 0 Å². The second-order valence-corrected chi connectivity index (χ2v) is 12.2. The van der Waals surface area contributed by atoms with Crippen molar-refractivity contribution in [2.45, 2.75) is 17.7 Å². The maximum absolute atomic E-state index is 13.2. The summed E-state index contributed by atoms with van der Waals surface area (Å²) in [5.74, 6) is 0.0852. The van der Waals surface area contributed by atoms with E-state index >= 15 is 0 Å². The summed E-state index contributed by atoms with van der Waals surface area (Å²) in [5, 5.41) is 1.93. The summed E-state index contributed by atoms with van der Waals surface area (Å²) in [6.45, 7) is 2.84. The fraction of sp³-hybridized carbons (Fsp3) is 0.286. The molecule has 1 amide bonds. The van der Waals surface area contributed by atoms with Crippen LogP contribution >= 0.6 is 11.3 Å². The number of thiophene rings is 1. The predicted octanol–water partition coefficient (Wildman–Crippen LogP) is 4.24. The molecule has 0 bridgehead atoms. The Morgan fingerprint density at radius 2 is 1.86 bits per heavy atom. The van der Waals surface area contributed by atoms with E-state index in [2.05, 4.69) is 18.2 Å². The smallest absolute Gasteiger partial charge is 0.264 e. The Morgan fingerprint density at radius 1 is 1.00 bits per heavy atom. The predicted molar refractivity (Wildman–Crippen MR) is 144 cm³/mol. The molecule has 6 rings (SSSR count). The number of fused-ring (bicyclic) bond motifs is 1. The van der Waals surface area contributed by atoms with E-state index < -0.39 is 10.0 Å². The molecule has 0 unspecified atom stereocenters. The van der Waals surface area contributed by atoms with Crippen LogP contribution in [0.1, 0.15) is 27.3 Å². The van der Waals surface area contributed by atoms with Crippen molar-refractivity contribution in [2.75, 3.05) is 39.4 Å². The number of morpholine rings is 1. The molecule has 1 saturated heterocycles. The number of hydrogen-bond acceptors (Lipinski definition) is 6. The molecule has 7 nitrogen and oxygen atoms in total. The average molecular weight is 534 g/mol. The zero-order chi connectivity index (χ0) is 25.4. The SMILES string of the molecule is O=C(c1cccs1)N1CC=C(C2=CCc3ncc(-c4cccc(S(=O)(=O)N5CCOCC5)c4)cc32)CC1. The average Bonchev–Trinajstić information content (AvgIpc) is 3.64. The van der Waals surface area contributed by atoms with Crippen molar-refractivity contribution in [3.8, 4) is 11.1 Å². The van der Waals surface area contributed by atoms with Crippen molar-refractivity contribution in [3.63, 3.8) is 0 Å². The van der Waals surface area contributed by atoms with Gasteiger partial charge in [-0.15, -0.1) is 11.3 Å². The van der Waals surface area contributed by atoms with Crippen LogP contribution in [0.3, 0.4) is 0 Å². The molecule has 1 aliphatic carbocycles. The standard InChI is InChI=1S/C28H27N3O4S2/c32-28(27-5-2-16-36-27)30-10-8-20(9-11-30)24-6-7-26-25(24)18-22(19-29-26)21-3-1-4-23(17-21)37(33,34)31-12-14-35-15-13-31/h1-6,8,16-19H,7,9-15H2. The maximum Gasteiger partial charge on any atom is 0.264 e. The van der Waals surface area contributed by atoms with Crippen molar-refractivity contribution in [3.05, 3.63) is 87.9 Å². The van der Waals surface area contributed by atoms with Gasteiger partial charge in [0.1, 0.15) is 0 Å². The normalized spacial score (nSPS) is 18.3. The molecule has 9 heteroatoms. The molecule has 1 fully saturated rings. The zero-order valence-electron chi connectivity index (χ0n) is 20.3. The molecule has 3 aliphatic rings. The van der Waals surface area contributed by atoms with Gasteiger partial charge in [-0.25, -0.2) is 8.42 Å². The minimum absolute atomic E-state index is 0.0852. The van der Waals surface area contributed by atoms with Crippen LogP contribution in [0.25, 0.3) is 16.7 Å². The number of carbonyl (C=O) groups is 1. The summed E-state index contributed by atoms with van der Waals surface area (Å²) < 4.78 is 33.2. The molecule has 0 N–H and O–H groups in total. The summed E-state index contributed by atoms with van der Waals surface area (Å²) in [6.07, 6.45) is 7.75. The lowest BCUT2D eigenvalue weighted by atomic mass is 9.94. The van der Waals surface area contributed by atoms with Gasteiger partial charge in [-0.3, -0.25) is 9.78 Å².